The van der Waals surface area contributed by atoms with Gasteiger partial charge in [-0.3, -0.25) is 14.6 Å². The number of hydrogen-bond acceptors (Lipinski definition) is 5. The molecule has 4 heterocycles. The quantitative estimate of drug-likeness (QED) is 0.670. The molecule has 0 saturated heterocycles. The highest BCUT2D eigenvalue weighted by molar-refractivity contribution is 5.97. The summed E-state index contributed by atoms with van der Waals surface area (Å²) in [5.74, 6) is 0.694. The van der Waals surface area contributed by atoms with Crippen molar-refractivity contribution in [3.8, 4) is 11.3 Å². The first-order valence-electron chi connectivity index (χ1n) is 11.2. The molecule has 0 spiro atoms. The van der Waals surface area contributed by atoms with Gasteiger partial charge in [0.15, 0.2) is 5.82 Å². The summed E-state index contributed by atoms with van der Waals surface area (Å²) >= 11 is 0. The van der Waals surface area contributed by atoms with Crippen molar-refractivity contribution in [2.45, 2.75) is 51.5 Å². The lowest BCUT2D eigenvalue weighted by atomic mass is 9.85. The fourth-order valence-electron chi connectivity index (χ4n) is 5.14. The molecule has 0 radical (unpaired) electrons. The highest BCUT2D eigenvalue weighted by Gasteiger charge is 2.27. The van der Waals surface area contributed by atoms with Crippen LogP contribution in [0.2, 0.25) is 0 Å². The van der Waals surface area contributed by atoms with Gasteiger partial charge in [-0.25, -0.2) is 0 Å². The molecule has 0 aromatic carbocycles. The van der Waals surface area contributed by atoms with Gasteiger partial charge in [0, 0.05) is 24.8 Å². The lowest BCUT2D eigenvalue weighted by Crippen LogP contribution is -2.30. The van der Waals surface area contributed by atoms with Crippen LogP contribution in [0.3, 0.4) is 0 Å². The maximum absolute atomic E-state index is 13.4. The van der Waals surface area contributed by atoms with Crippen molar-refractivity contribution >= 4 is 22.3 Å². The first kappa shape index (κ1) is 20.1. The highest BCUT2D eigenvalue weighted by Crippen LogP contribution is 2.36. The number of aryl methyl sites for hydroxylation is 1. The SMILES string of the molecule is CC1CCCCC1n1cc(-c2cc(C3=CCCOCC3)n(C)n2)c2[nH]nc(N)c2c1=O. The number of nitrogens with zero attached hydrogens (tertiary/aromatic N) is 4. The number of rotatable bonds is 3. The van der Waals surface area contributed by atoms with Crippen molar-refractivity contribution in [1.82, 2.24) is 24.5 Å². The molecule has 3 N–H and O–H groups in total. The maximum Gasteiger partial charge on any atom is 0.264 e. The van der Waals surface area contributed by atoms with Gasteiger partial charge in [-0.2, -0.15) is 10.2 Å². The van der Waals surface area contributed by atoms with Crippen molar-refractivity contribution in [3.05, 3.63) is 34.4 Å². The summed E-state index contributed by atoms with van der Waals surface area (Å²) in [5, 5.41) is 12.4. The smallest absolute Gasteiger partial charge is 0.264 e. The van der Waals surface area contributed by atoms with E-state index in [0.29, 0.717) is 16.8 Å². The van der Waals surface area contributed by atoms with E-state index in [1.54, 1.807) is 0 Å². The molecule has 3 aromatic rings. The lowest BCUT2D eigenvalue weighted by molar-refractivity contribution is 0.148. The molecule has 5 rings (SSSR count). The molecule has 31 heavy (non-hydrogen) atoms. The van der Waals surface area contributed by atoms with Crippen molar-refractivity contribution in [1.29, 1.82) is 0 Å². The zero-order valence-corrected chi connectivity index (χ0v) is 18.2. The van der Waals surface area contributed by atoms with Crippen LogP contribution in [-0.4, -0.2) is 37.8 Å². The van der Waals surface area contributed by atoms with Crippen LogP contribution in [0.4, 0.5) is 5.82 Å². The minimum Gasteiger partial charge on any atom is -0.382 e. The van der Waals surface area contributed by atoms with Gasteiger partial charge in [0.05, 0.1) is 30.1 Å². The van der Waals surface area contributed by atoms with Crippen LogP contribution < -0.4 is 11.3 Å². The summed E-state index contributed by atoms with van der Waals surface area (Å²) < 4.78 is 9.40. The molecule has 3 aromatic heterocycles. The van der Waals surface area contributed by atoms with Gasteiger partial charge >= 0.3 is 0 Å². The first-order valence-corrected chi connectivity index (χ1v) is 11.2. The predicted molar refractivity (Wildman–Crippen MR) is 122 cm³/mol. The second-order valence-corrected chi connectivity index (χ2v) is 8.86. The Balaban J connectivity index is 1.67. The average Bonchev–Trinajstić information content (AvgIpc) is 3.22. The standard InChI is InChI=1S/C23H30N6O2/c1-14-6-3-4-8-18(14)29-13-16(21-20(23(29)30)22(24)26-25-21)17-12-19(28(2)27-17)15-7-5-10-31-11-9-15/h7,12-14,18H,3-6,8-11H2,1-2H3,(H3,24,25,26). The van der Waals surface area contributed by atoms with E-state index in [1.165, 1.54) is 12.0 Å². The van der Waals surface area contributed by atoms with E-state index < -0.39 is 0 Å². The Bertz CT molecular complexity index is 1200. The number of nitrogen functional groups attached to an aromatic ring is 1. The molecule has 2 unspecified atom stereocenters. The Morgan fingerprint density at radius 1 is 1.26 bits per heavy atom. The summed E-state index contributed by atoms with van der Waals surface area (Å²) in [4.78, 5) is 13.4. The zero-order valence-electron chi connectivity index (χ0n) is 18.2. The molecular weight excluding hydrogens is 392 g/mol. The molecule has 8 nitrogen and oxygen atoms in total. The summed E-state index contributed by atoms with van der Waals surface area (Å²) in [6.45, 7) is 3.71. The Morgan fingerprint density at radius 3 is 2.94 bits per heavy atom. The van der Waals surface area contributed by atoms with Gasteiger partial charge < -0.3 is 15.0 Å². The van der Waals surface area contributed by atoms with Gasteiger partial charge in [0.2, 0.25) is 0 Å². The Morgan fingerprint density at radius 2 is 2.10 bits per heavy atom. The molecule has 1 aliphatic carbocycles. The second kappa shape index (κ2) is 8.00. The Hall–Kier alpha value is -2.87. The van der Waals surface area contributed by atoms with E-state index in [9.17, 15) is 4.79 Å². The van der Waals surface area contributed by atoms with Gasteiger partial charge in [0.1, 0.15) is 5.39 Å². The van der Waals surface area contributed by atoms with Crippen LogP contribution in [0.25, 0.3) is 27.7 Å². The molecule has 1 fully saturated rings. The highest BCUT2D eigenvalue weighted by atomic mass is 16.5. The van der Waals surface area contributed by atoms with Gasteiger partial charge in [-0.05, 0) is 43.2 Å². The predicted octanol–water partition coefficient (Wildman–Crippen LogP) is 3.65. The summed E-state index contributed by atoms with van der Waals surface area (Å²) in [6, 6.07) is 2.27. The zero-order chi connectivity index (χ0) is 21.5. The van der Waals surface area contributed by atoms with Gasteiger partial charge in [0.25, 0.3) is 5.56 Å². The van der Waals surface area contributed by atoms with Gasteiger partial charge in [-0.15, -0.1) is 0 Å². The number of H-pyrrole nitrogens is 1. The van der Waals surface area contributed by atoms with E-state index in [1.807, 2.05) is 22.5 Å². The molecule has 0 amide bonds. The van der Waals surface area contributed by atoms with E-state index >= 15 is 0 Å². The molecule has 2 aliphatic rings. The van der Waals surface area contributed by atoms with E-state index in [2.05, 4.69) is 29.3 Å². The number of ether oxygens (including phenoxy) is 1. The normalized spacial score (nSPS) is 22.5. The van der Waals surface area contributed by atoms with Crippen LogP contribution in [-0.2, 0) is 11.8 Å². The monoisotopic (exact) mass is 422 g/mol. The number of hydrogen-bond donors (Lipinski definition) is 2. The lowest BCUT2D eigenvalue weighted by Gasteiger charge is -2.30. The van der Waals surface area contributed by atoms with Crippen LogP contribution >= 0.6 is 0 Å². The molecule has 1 aliphatic heterocycles. The van der Waals surface area contributed by atoms with Crippen molar-refractivity contribution in [2.75, 3.05) is 18.9 Å². The maximum atomic E-state index is 13.4. The molecular formula is C23H30N6O2. The minimum absolute atomic E-state index is 0.0662. The van der Waals surface area contributed by atoms with E-state index in [-0.39, 0.29) is 17.4 Å². The Labute approximate surface area is 181 Å². The Kier molecular flexibility index (Phi) is 5.17. The fourth-order valence-corrected chi connectivity index (χ4v) is 5.14. The van der Waals surface area contributed by atoms with Crippen LogP contribution in [0, 0.1) is 5.92 Å². The summed E-state index contributed by atoms with van der Waals surface area (Å²) in [6.07, 6.45) is 10.5. The summed E-state index contributed by atoms with van der Waals surface area (Å²) in [7, 11) is 1.96. The first-order chi connectivity index (χ1) is 15.0. The average molecular weight is 423 g/mol. The van der Waals surface area contributed by atoms with Gasteiger partial charge in [-0.1, -0.05) is 25.8 Å². The fraction of sp³-hybridized carbons (Fsp3) is 0.522. The van der Waals surface area contributed by atoms with Crippen molar-refractivity contribution in [3.63, 3.8) is 0 Å². The third-order valence-electron chi connectivity index (χ3n) is 6.86. The van der Waals surface area contributed by atoms with Crippen LogP contribution in [0.5, 0.6) is 0 Å². The number of pyridine rings is 1. The third-order valence-corrected chi connectivity index (χ3v) is 6.86. The number of nitrogens with one attached hydrogen (secondary N) is 1. The van der Waals surface area contributed by atoms with Crippen molar-refractivity contribution < 1.29 is 4.74 Å². The molecule has 2 atom stereocenters. The van der Waals surface area contributed by atoms with Crippen LogP contribution in [0.15, 0.2) is 23.1 Å². The largest absolute Gasteiger partial charge is 0.382 e. The number of anilines is 1. The molecule has 8 heteroatoms. The number of aromatic amines is 1. The van der Waals surface area contributed by atoms with Crippen molar-refractivity contribution in [2.24, 2.45) is 13.0 Å². The van der Waals surface area contributed by atoms with E-state index in [0.717, 1.165) is 62.3 Å². The topological polar surface area (TPSA) is 104 Å². The molecule has 0 bridgehead atoms. The van der Waals surface area contributed by atoms with E-state index in [4.69, 9.17) is 15.6 Å². The number of fused-ring (bicyclic) bond motifs is 1. The minimum atomic E-state index is -0.0662. The van der Waals surface area contributed by atoms with Crippen LogP contribution in [0.1, 0.15) is 57.2 Å². The molecule has 1 saturated carbocycles. The molecule has 164 valence electrons. The summed E-state index contributed by atoms with van der Waals surface area (Å²) in [5.41, 5.74) is 10.7. The second-order valence-electron chi connectivity index (χ2n) is 8.86. The number of aromatic nitrogens is 5. The number of nitrogens with two attached hydrogens (primary N) is 1. The third kappa shape index (κ3) is 3.48.